The van der Waals surface area contributed by atoms with Crippen molar-refractivity contribution >= 4 is 52.3 Å². The fourth-order valence-corrected chi connectivity index (χ4v) is 1.48. The molecule has 0 unspecified atom stereocenters. The zero-order chi connectivity index (χ0) is 12.1. The summed E-state index contributed by atoms with van der Waals surface area (Å²) in [6.45, 7) is 0. The maximum absolute atomic E-state index is 10.4. The molecule has 0 radical (unpaired) electrons. The molecular weight excluding hydrogens is 271 g/mol. The topological polar surface area (TPSA) is 79.2 Å². The molecule has 0 aliphatic heterocycles. The Balaban J connectivity index is 2.59. The number of benzene rings is 1. The van der Waals surface area contributed by atoms with E-state index in [1.807, 2.05) is 0 Å². The quantitative estimate of drug-likeness (QED) is 0.467. The lowest BCUT2D eigenvalue weighted by molar-refractivity contribution is 0.247. The van der Waals surface area contributed by atoms with Crippen molar-refractivity contribution in [1.82, 2.24) is 10.9 Å². The number of hydrazine groups is 1. The van der Waals surface area contributed by atoms with Gasteiger partial charge in [-0.25, -0.2) is 10.2 Å². The van der Waals surface area contributed by atoms with Gasteiger partial charge < -0.3 is 11.1 Å². The van der Waals surface area contributed by atoms with Gasteiger partial charge in [-0.1, -0.05) is 23.2 Å². The van der Waals surface area contributed by atoms with Gasteiger partial charge >= 0.3 is 6.03 Å². The summed E-state index contributed by atoms with van der Waals surface area (Å²) in [5.74, 6) is 0. The molecule has 5 nitrogen and oxygen atoms in total. The molecule has 0 heterocycles. The summed E-state index contributed by atoms with van der Waals surface area (Å²) in [6.07, 6.45) is 0. The van der Waals surface area contributed by atoms with Gasteiger partial charge in [0.25, 0.3) is 0 Å². The van der Waals surface area contributed by atoms with E-state index >= 15 is 0 Å². The zero-order valence-electron chi connectivity index (χ0n) is 7.88. The van der Waals surface area contributed by atoms with Crippen LogP contribution in [0.3, 0.4) is 0 Å². The minimum absolute atomic E-state index is 0.156. The summed E-state index contributed by atoms with van der Waals surface area (Å²) < 4.78 is 0. The molecular formula is C8H8Cl2N4OS. The van der Waals surface area contributed by atoms with Gasteiger partial charge in [0.05, 0.1) is 10.7 Å². The van der Waals surface area contributed by atoms with Gasteiger partial charge in [-0.15, -0.1) is 0 Å². The molecule has 0 bridgehead atoms. The maximum Gasteiger partial charge on any atom is 0.330 e. The van der Waals surface area contributed by atoms with Gasteiger partial charge in [0.1, 0.15) is 0 Å². The Morgan fingerprint density at radius 3 is 2.56 bits per heavy atom. The number of amides is 2. The predicted molar refractivity (Wildman–Crippen MR) is 68.5 cm³/mol. The van der Waals surface area contributed by atoms with Crippen LogP contribution in [-0.2, 0) is 0 Å². The molecule has 0 aliphatic rings. The lowest BCUT2D eigenvalue weighted by Gasteiger charge is -2.11. The van der Waals surface area contributed by atoms with E-state index in [0.717, 1.165) is 0 Å². The summed E-state index contributed by atoms with van der Waals surface area (Å²) >= 11 is 16.5. The van der Waals surface area contributed by atoms with Crippen molar-refractivity contribution in [1.29, 1.82) is 0 Å². The van der Waals surface area contributed by atoms with E-state index in [4.69, 9.17) is 41.2 Å². The first-order valence-corrected chi connectivity index (χ1v) is 5.23. The molecule has 0 aromatic heterocycles. The molecule has 5 N–H and O–H groups in total. The summed E-state index contributed by atoms with van der Waals surface area (Å²) in [7, 11) is 0. The van der Waals surface area contributed by atoms with E-state index in [0.29, 0.717) is 15.7 Å². The monoisotopic (exact) mass is 278 g/mol. The number of thiocarbonyl (C=S) groups is 1. The van der Waals surface area contributed by atoms with Gasteiger partial charge in [-0.2, -0.15) is 0 Å². The van der Waals surface area contributed by atoms with Crippen molar-refractivity contribution in [3.63, 3.8) is 0 Å². The molecule has 86 valence electrons. The molecule has 0 saturated carbocycles. The van der Waals surface area contributed by atoms with Crippen molar-refractivity contribution in [3.8, 4) is 0 Å². The highest BCUT2D eigenvalue weighted by Crippen LogP contribution is 2.25. The van der Waals surface area contributed by atoms with E-state index < -0.39 is 6.03 Å². The molecule has 0 aliphatic carbocycles. The van der Waals surface area contributed by atoms with Crippen LogP contribution in [0.2, 0.25) is 10.0 Å². The largest absolute Gasteiger partial charge is 0.350 e. The molecule has 0 atom stereocenters. The fraction of sp³-hybridized carbons (Fsp3) is 0. The number of urea groups is 1. The predicted octanol–water partition coefficient (Wildman–Crippen LogP) is 1.86. The molecule has 8 heteroatoms. The Hall–Kier alpha value is -1.24. The van der Waals surface area contributed by atoms with Crippen LogP contribution in [0.5, 0.6) is 0 Å². The standard InChI is InChI=1S/C8H8Cl2N4OS/c9-4-1-2-6(5(10)3-4)12-8(16)14-13-7(11)15/h1-3H,(H3,11,13,15)(H2,12,14,16). The highest BCUT2D eigenvalue weighted by atomic mass is 35.5. The molecule has 1 aromatic rings. The van der Waals surface area contributed by atoms with E-state index in [2.05, 4.69) is 16.2 Å². The van der Waals surface area contributed by atoms with Gasteiger partial charge in [0.15, 0.2) is 5.11 Å². The van der Waals surface area contributed by atoms with Gasteiger partial charge in [0, 0.05) is 5.02 Å². The van der Waals surface area contributed by atoms with Crippen LogP contribution in [0, 0.1) is 0 Å². The number of nitrogens with two attached hydrogens (primary N) is 1. The molecule has 0 fully saturated rings. The number of hydrogen-bond donors (Lipinski definition) is 4. The Labute approximate surface area is 107 Å². The van der Waals surface area contributed by atoms with Gasteiger partial charge in [0.2, 0.25) is 0 Å². The molecule has 2 amide bonds. The highest BCUT2D eigenvalue weighted by molar-refractivity contribution is 7.80. The van der Waals surface area contributed by atoms with Crippen molar-refractivity contribution in [2.24, 2.45) is 5.73 Å². The molecule has 1 rings (SSSR count). The minimum atomic E-state index is -0.744. The summed E-state index contributed by atoms with van der Waals surface area (Å²) in [5, 5.41) is 3.84. The van der Waals surface area contributed by atoms with Crippen LogP contribution in [0.25, 0.3) is 0 Å². The Morgan fingerprint density at radius 2 is 2.00 bits per heavy atom. The van der Waals surface area contributed by atoms with Crippen LogP contribution in [-0.4, -0.2) is 11.1 Å². The molecule has 16 heavy (non-hydrogen) atoms. The van der Waals surface area contributed by atoms with E-state index in [1.54, 1.807) is 18.2 Å². The number of anilines is 1. The number of carbonyl (C=O) groups is 1. The Morgan fingerprint density at radius 1 is 1.31 bits per heavy atom. The second-order valence-corrected chi connectivity index (χ2v) is 3.94. The Bertz CT molecular complexity index is 426. The third-order valence-corrected chi connectivity index (χ3v) is 2.23. The third-order valence-electron chi connectivity index (χ3n) is 1.48. The average Bonchev–Trinajstić information content (AvgIpc) is 2.19. The number of rotatable bonds is 1. The summed E-state index contributed by atoms with van der Waals surface area (Å²) in [6, 6.07) is 4.13. The van der Waals surface area contributed by atoms with Crippen molar-refractivity contribution in [2.75, 3.05) is 5.32 Å². The number of carbonyl (C=O) groups excluding carboxylic acids is 1. The third kappa shape index (κ3) is 4.09. The highest BCUT2D eigenvalue weighted by Gasteiger charge is 2.03. The summed E-state index contributed by atoms with van der Waals surface area (Å²) in [4.78, 5) is 10.4. The van der Waals surface area contributed by atoms with E-state index in [1.165, 1.54) is 0 Å². The van der Waals surface area contributed by atoms with Crippen LogP contribution >= 0.6 is 35.4 Å². The van der Waals surface area contributed by atoms with Gasteiger partial charge in [-0.05, 0) is 30.4 Å². The first-order valence-electron chi connectivity index (χ1n) is 4.06. The minimum Gasteiger partial charge on any atom is -0.350 e. The molecule has 0 saturated heterocycles. The maximum atomic E-state index is 10.4. The number of halogens is 2. The molecule has 1 aromatic carbocycles. The molecule has 0 spiro atoms. The van der Waals surface area contributed by atoms with Crippen molar-refractivity contribution in [3.05, 3.63) is 28.2 Å². The summed E-state index contributed by atoms with van der Waals surface area (Å²) in [5.41, 5.74) is 9.89. The number of primary amides is 1. The van der Waals surface area contributed by atoms with Crippen molar-refractivity contribution < 1.29 is 4.79 Å². The number of nitrogens with one attached hydrogen (secondary N) is 3. The first kappa shape index (κ1) is 12.8. The average molecular weight is 279 g/mol. The first-order chi connectivity index (χ1) is 7.49. The zero-order valence-corrected chi connectivity index (χ0v) is 10.2. The fourth-order valence-electron chi connectivity index (χ4n) is 0.863. The smallest absolute Gasteiger partial charge is 0.330 e. The van der Waals surface area contributed by atoms with Crippen LogP contribution in [0.4, 0.5) is 10.5 Å². The number of hydrogen-bond acceptors (Lipinski definition) is 2. The second-order valence-electron chi connectivity index (χ2n) is 2.69. The van der Waals surface area contributed by atoms with Crippen molar-refractivity contribution in [2.45, 2.75) is 0 Å². The van der Waals surface area contributed by atoms with E-state index in [9.17, 15) is 4.79 Å². The Kier molecular flexibility index (Phi) is 4.60. The van der Waals surface area contributed by atoms with E-state index in [-0.39, 0.29) is 5.11 Å². The normalized spacial score (nSPS) is 9.38. The lowest BCUT2D eigenvalue weighted by Crippen LogP contribution is -2.46. The second kappa shape index (κ2) is 5.74. The lowest BCUT2D eigenvalue weighted by atomic mass is 10.3. The van der Waals surface area contributed by atoms with Crippen LogP contribution < -0.4 is 21.9 Å². The van der Waals surface area contributed by atoms with Gasteiger partial charge in [-0.3, -0.25) is 5.43 Å². The SMILES string of the molecule is NC(=O)NNC(=S)Nc1ccc(Cl)cc1Cl. The van der Waals surface area contributed by atoms with Crippen LogP contribution in [0.15, 0.2) is 18.2 Å². The van der Waals surface area contributed by atoms with Crippen LogP contribution in [0.1, 0.15) is 0 Å².